The van der Waals surface area contributed by atoms with Crippen LogP contribution in [0, 0.1) is 10.1 Å². The summed E-state index contributed by atoms with van der Waals surface area (Å²) in [5.74, 6) is 5.15. The number of para-hydroxylation sites is 1. The Morgan fingerprint density at radius 1 is 1.35 bits per heavy atom. The number of nitro groups is 1. The van der Waals surface area contributed by atoms with Crippen molar-refractivity contribution in [3.05, 3.63) is 28.3 Å². The first-order chi connectivity index (χ1) is 9.60. The number of rotatable bonds is 8. The number of hydrogen-bond donors (Lipinski definition) is 4. The lowest BCUT2D eigenvalue weighted by Gasteiger charge is -2.09. The third kappa shape index (κ3) is 4.39. The Labute approximate surface area is 116 Å². The zero-order valence-corrected chi connectivity index (χ0v) is 11.3. The standard InChI is InChI=1S/C12H19N5O3/c1-2-7-15-11(18)6-8-14-9-4-3-5-10(16-13)12(9)17(19)20/h3-5,14,16H,2,6-8,13H2,1H3,(H,15,18). The Kier molecular flexibility index (Phi) is 6.24. The maximum atomic E-state index is 11.4. The molecule has 1 aromatic carbocycles. The molecule has 0 unspecified atom stereocenters. The average Bonchev–Trinajstić information content (AvgIpc) is 2.44. The van der Waals surface area contributed by atoms with Gasteiger partial charge in [-0.05, 0) is 18.6 Å². The van der Waals surface area contributed by atoms with Crippen molar-refractivity contribution < 1.29 is 9.72 Å². The number of hydrazine groups is 1. The monoisotopic (exact) mass is 281 g/mol. The predicted molar refractivity (Wildman–Crippen MR) is 77.3 cm³/mol. The lowest BCUT2D eigenvalue weighted by atomic mass is 10.2. The Balaban J connectivity index is 2.64. The van der Waals surface area contributed by atoms with E-state index in [4.69, 9.17) is 5.84 Å². The van der Waals surface area contributed by atoms with Crippen molar-refractivity contribution in [2.45, 2.75) is 19.8 Å². The fourth-order valence-electron chi connectivity index (χ4n) is 1.66. The number of nitrogens with two attached hydrogens (primary N) is 1. The van der Waals surface area contributed by atoms with Crippen LogP contribution in [0.5, 0.6) is 0 Å². The first-order valence-electron chi connectivity index (χ1n) is 6.34. The predicted octanol–water partition coefficient (Wildman–Crippen LogP) is 1.21. The molecule has 0 aromatic heterocycles. The Hall–Kier alpha value is -2.35. The molecule has 0 spiro atoms. The van der Waals surface area contributed by atoms with E-state index in [-0.39, 0.29) is 23.7 Å². The van der Waals surface area contributed by atoms with Crippen molar-refractivity contribution >= 4 is 23.0 Å². The van der Waals surface area contributed by atoms with Crippen molar-refractivity contribution in [2.75, 3.05) is 23.8 Å². The SMILES string of the molecule is CCCNC(=O)CCNc1cccc(NN)c1[N+](=O)[O-]. The summed E-state index contributed by atoms with van der Waals surface area (Å²) in [7, 11) is 0. The van der Waals surface area contributed by atoms with Gasteiger partial charge in [-0.2, -0.15) is 0 Å². The van der Waals surface area contributed by atoms with Gasteiger partial charge in [-0.1, -0.05) is 13.0 Å². The zero-order chi connectivity index (χ0) is 15.0. The van der Waals surface area contributed by atoms with Gasteiger partial charge in [0.1, 0.15) is 11.4 Å². The highest BCUT2D eigenvalue weighted by atomic mass is 16.6. The third-order valence-electron chi connectivity index (χ3n) is 2.61. The summed E-state index contributed by atoms with van der Waals surface area (Å²) < 4.78 is 0. The fourth-order valence-corrected chi connectivity index (χ4v) is 1.66. The van der Waals surface area contributed by atoms with Crippen LogP contribution in [-0.4, -0.2) is 23.9 Å². The van der Waals surface area contributed by atoms with Gasteiger partial charge in [-0.25, -0.2) is 0 Å². The van der Waals surface area contributed by atoms with E-state index in [1.807, 2.05) is 6.92 Å². The second-order valence-corrected chi connectivity index (χ2v) is 4.13. The van der Waals surface area contributed by atoms with E-state index in [0.717, 1.165) is 6.42 Å². The van der Waals surface area contributed by atoms with E-state index >= 15 is 0 Å². The molecule has 1 rings (SSSR count). The number of hydrogen-bond acceptors (Lipinski definition) is 6. The van der Waals surface area contributed by atoms with Gasteiger partial charge in [0.15, 0.2) is 0 Å². The maximum absolute atomic E-state index is 11.4. The smallest absolute Gasteiger partial charge is 0.316 e. The molecule has 8 heteroatoms. The first kappa shape index (κ1) is 15.7. The number of nitro benzene ring substituents is 1. The van der Waals surface area contributed by atoms with Crippen molar-refractivity contribution in [3.8, 4) is 0 Å². The van der Waals surface area contributed by atoms with Crippen LogP contribution in [0.2, 0.25) is 0 Å². The van der Waals surface area contributed by atoms with Gasteiger partial charge in [-0.15, -0.1) is 0 Å². The zero-order valence-electron chi connectivity index (χ0n) is 11.3. The Morgan fingerprint density at radius 3 is 2.65 bits per heavy atom. The number of carbonyl (C=O) groups excluding carboxylic acids is 1. The van der Waals surface area contributed by atoms with Crippen LogP contribution in [0.15, 0.2) is 18.2 Å². The van der Waals surface area contributed by atoms with Crippen LogP contribution in [0.3, 0.4) is 0 Å². The number of nitrogens with one attached hydrogen (secondary N) is 3. The van der Waals surface area contributed by atoms with Gasteiger partial charge in [0.25, 0.3) is 0 Å². The Bertz CT molecular complexity index is 478. The van der Waals surface area contributed by atoms with Gasteiger partial charge in [0.2, 0.25) is 5.91 Å². The Morgan fingerprint density at radius 2 is 2.05 bits per heavy atom. The molecule has 0 atom stereocenters. The molecule has 0 aliphatic carbocycles. The molecule has 0 fully saturated rings. The first-order valence-corrected chi connectivity index (χ1v) is 6.34. The molecule has 110 valence electrons. The number of nitrogen functional groups attached to an aromatic ring is 1. The minimum atomic E-state index is -0.519. The highest BCUT2D eigenvalue weighted by molar-refractivity contribution is 5.78. The minimum absolute atomic E-state index is 0.0879. The molecular formula is C12H19N5O3. The summed E-state index contributed by atoms with van der Waals surface area (Å²) in [6.45, 7) is 2.91. The minimum Gasteiger partial charge on any atom is -0.379 e. The van der Waals surface area contributed by atoms with Crippen molar-refractivity contribution in [2.24, 2.45) is 5.84 Å². The molecule has 5 N–H and O–H groups in total. The third-order valence-corrected chi connectivity index (χ3v) is 2.61. The van der Waals surface area contributed by atoms with E-state index in [0.29, 0.717) is 18.8 Å². The second kappa shape index (κ2) is 7.95. The molecule has 1 amide bonds. The normalized spacial score (nSPS) is 9.90. The summed E-state index contributed by atoms with van der Waals surface area (Å²) in [4.78, 5) is 21.9. The molecule has 0 saturated carbocycles. The number of carbonyl (C=O) groups is 1. The van der Waals surface area contributed by atoms with Crippen LogP contribution in [0.4, 0.5) is 17.1 Å². The van der Waals surface area contributed by atoms with Crippen LogP contribution in [0.25, 0.3) is 0 Å². The molecule has 20 heavy (non-hydrogen) atoms. The second-order valence-electron chi connectivity index (χ2n) is 4.13. The van der Waals surface area contributed by atoms with Crippen molar-refractivity contribution in [1.29, 1.82) is 0 Å². The molecule has 0 radical (unpaired) electrons. The largest absolute Gasteiger partial charge is 0.379 e. The van der Waals surface area contributed by atoms with Crippen molar-refractivity contribution in [1.82, 2.24) is 5.32 Å². The summed E-state index contributed by atoms with van der Waals surface area (Å²) in [5, 5.41) is 16.6. The van der Waals surface area contributed by atoms with Gasteiger partial charge in [0, 0.05) is 19.5 Å². The number of nitrogens with zero attached hydrogens (tertiary/aromatic N) is 1. The molecule has 1 aromatic rings. The molecule has 0 saturated heterocycles. The van der Waals surface area contributed by atoms with Gasteiger partial charge >= 0.3 is 5.69 Å². The van der Waals surface area contributed by atoms with E-state index in [1.165, 1.54) is 6.07 Å². The van der Waals surface area contributed by atoms with Gasteiger partial charge in [0.05, 0.1) is 4.92 Å². The van der Waals surface area contributed by atoms with Crippen LogP contribution < -0.4 is 21.9 Å². The molecule has 0 bridgehead atoms. The lowest BCUT2D eigenvalue weighted by Crippen LogP contribution is -2.26. The summed E-state index contributed by atoms with van der Waals surface area (Å²) in [5.41, 5.74) is 2.69. The van der Waals surface area contributed by atoms with E-state index in [2.05, 4.69) is 16.1 Å². The quantitative estimate of drug-likeness (QED) is 0.323. The van der Waals surface area contributed by atoms with Gasteiger partial charge in [-0.3, -0.25) is 20.8 Å². The summed E-state index contributed by atoms with van der Waals surface area (Å²) in [6.07, 6.45) is 1.12. The number of anilines is 2. The lowest BCUT2D eigenvalue weighted by molar-refractivity contribution is -0.383. The van der Waals surface area contributed by atoms with Gasteiger partial charge < -0.3 is 16.1 Å². The highest BCUT2D eigenvalue weighted by Gasteiger charge is 2.18. The van der Waals surface area contributed by atoms with Crippen LogP contribution >= 0.6 is 0 Å². The van der Waals surface area contributed by atoms with Crippen LogP contribution in [-0.2, 0) is 4.79 Å². The molecule has 0 aliphatic heterocycles. The average molecular weight is 281 g/mol. The maximum Gasteiger partial charge on any atom is 0.316 e. The molecule has 8 nitrogen and oxygen atoms in total. The van der Waals surface area contributed by atoms with E-state index in [9.17, 15) is 14.9 Å². The fraction of sp³-hybridized carbons (Fsp3) is 0.417. The van der Waals surface area contributed by atoms with Crippen LogP contribution in [0.1, 0.15) is 19.8 Å². The number of amides is 1. The van der Waals surface area contributed by atoms with E-state index < -0.39 is 4.92 Å². The summed E-state index contributed by atoms with van der Waals surface area (Å²) >= 11 is 0. The topological polar surface area (TPSA) is 122 Å². The highest BCUT2D eigenvalue weighted by Crippen LogP contribution is 2.31. The van der Waals surface area contributed by atoms with Crippen molar-refractivity contribution in [3.63, 3.8) is 0 Å². The number of benzene rings is 1. The molecule has 0 heterocycles. The molecular weight excluding hydrogens is 262 g/mol. The summed E-state index contributed by atoms with van der Waals surface area (Å²) in [6, 6.07) is 4.72. The molecule has 0 aliphatic rings. The van der Waals surface area contributed by atoms with E-state index in [1.54, 1.807) is 12.1 Å².